The molecule has 1 aliphatic carbocycles. The maximum atomic E-state index is 3.33. The van der Waals surface area contributed by atoms with Gasteiger partial charge in [-0.1, -0.05) is 166 Å². The van der Waals surface area contributed by atoms with E-state index in [1.807, 2.05) is 73.7 Å². The lowest BCUT2D eigenvalue weighted by molar-refractivity contribution is 0.413. The van der Waals surface area contributed by atoms with Crippen molar-refractivity contribution in [3.05, 3.63) is 186 Å². The van der Waals surface area contributed by atoms with Crippen molar-refractivity contribution in [1.82, 2.24) is 0 Å². The third-order valence-corrected chi connectivity index (χ3v) is 7.34. The Morgan fingerprint density at radius 2 is 1.18 bits per heavy atom. The third kappa shape index (κ3) is 18.3. The zero-order valence-electron chi connectivity index (χ0n) is 31.4. The molecule has 1 aliphatic rings. The number of hydrogen-bond donors (Lipinski definition) is 1. The van der Waals surface area contributed by atoms with Gasteiger partial charge in [-0.05, 0) is 94.8 Å². The number of para-hydroxylation sites is 1. The second-order valence-electron chi connectivity index (χ2n) is 13.2. The molecule has 4 aromatic rings. The highest BCUT2D eigenvalue weighted by Gasteiger charge is 2.14. The van der Waals surface area contributed by atoms with E-state index in [0.717, 1.165) is 37.2 Å². The average Bonchev–Trinajstić information content (AvgIpc) is 3.34. The van der Waals surface area contributed by atoms with Crippen LogP contribution in [-0.4, -0.2) is 6.54 Å². The fourth-order valence-corrected chi connectivity index (χ4v) is 4.88. The topological polar surface area (TPSA) is 15.3 Å². The molecule has 0 bridgehead atoms. The molecule has 5 rings (SSSR count). The minimum atomic E-state index is 0.335. The molecule has 0 spiro atoms. The minimum Gasteiger partial charge on any atom is -0.356 e. The maximum absolute atomic E-state index is 3.33. The number of rotatable bonds is 8. The van der Waals surface area contributed by atoms with Gasteiger partial charge in [-0.25, -0.2) is 0 Å². The van der Waals surface area contributed by atoms with Gasteiger partial charge in [-0.15, -0.1) is 0 Å². The average molecular weight is 653 g/mol. The number of likely N-dealkylation sites (N-methyl/N-ethyl adjacent to an activating group) is 1. The van der Waals surface area contributed by atoms with Crippen LogP contribution in [-0.2, 0) is 0 Å². The Morgan fingerprint density at radius 3 is 1.69 bits per heavy atom. The van der Waals surface area contributed by atoms with Crippen LogP contribution in [0.15, 0.2) is 175 Å². The molecule has 2 nitrogen and oxygen atoms in total. The summed E-state index contributed by atoms with van der Waals surface area (Å²) in [7, 11) is 0. The first-order valence-electron chi connectivity index (χ1n) is 17.7. The highest BCUT2D eigenvalue weighted by atomic mass is 15.1. The van der Waals surface area contributed by atoms with Gasteiger partial charge in [0.05, 0.1) is 0 Å². The van der Waals surface area contributed by atoms with Gasteiger partial charge >= 0.3 is 0 Å². The van der Waals surface area contributed by atoms with Crippen LogP contribution in [0.5, 0.6) is 0 Å². The molecule has 0 aromatic heterocycles. The van der Waals surface area contributed by atoms with E-state index in [-0.39, 0.29) is 0 Å². The van der Waals surface area contributed by atoms with Crippen LogP contribution < -0.4 is 10.2 Å². The molecule has 49 heavy (non-hydrogen) atoms. The summed E-state index contributed by atoms with van der Waals surface area (Å²) in [5.74, 6) is 0. The van der Waals surface area contributed by atoms with E-state index in [2.05, 4.69) is 156 Å². The van der Waals surface area contributed by atoms with Gasteiger partial charge in [-0.2, -0.15) is 0 Å². The Balaban J connectivity index is 0.000000260. The van der Waals surface area contributed by atoms with Crippen molar-refractivity contribution in [2.24, 2.45) is 5.41 Å². The number of benzene rings is 4. The standard InChI is InChI=1S/C21H29N.C13H13N.C7H12.C6H6/c1-6-22(20-13-10-17(2)11-14-20)19-9-7-8-18(12-15-19)16-21(3,4)5;1-11-7-9-13(10-8-11)14-12-5-3-2-4-6-12;1-3-5-7-6-4-2;1-2-4-6-5-3-1/h8-15H,6-7,16H2,1-5H3;2-10,14H,1H3;3,5-7H,4H2,1-2H3;1-6H/b;;5-3-,7-6-;. The number of anilines is 3. The van der Waals surface area contributed by atoms with Crippen molar-refractivity contribution in [3.8, 4) is 0 Å². The zero-order valence-corrected chi connectivity index (χ0v) is 31.4. The number of nitrogens with zero attached hydrogens (tertiary/aromatic N) is 1. The first kappa shape index (κ1) is 40.4. The summed E-state index contributed by atoms with van der Waals surface area (Å²) in [6.07, 6.45) is 20.7. The van der Waals surface area contributed by atoms with E-state index in [1.165, 1.54) is 28.1 Å². The molecule has 0 saturated heterocycles. The zero-order chi connectivity index (χ0) is 35.7. The fraction of sp³-hybridized carbons (Fsp3) is 0.277. The molecular weight excluding hydrogens is 593 g/mol. The summed E-state index contributed by atoms with van der Waals surface area (Å²) in [4.78, 5) is 2.38. The normalized spacial score (nSPS) is 12.2. The molecule has 258 valence electrons. The van der Waals surface area contributed by atoms with E-state index in [9.17, 15) is 0 Å². The van der Waals surface area contributed by atoms with E-state index < -0.39 is 0 Å². The second-order valence-corrected chi connectivity index (χ2v) is 13.2. The molecule has 0 atom stereocenters. The molecule has 0 radical (unpaired) electrons. The summed E-state index contributed by atoms with van der Waals surface area (Å²) < 4.78 is 0. The van der Waals surface area contributed by atoms with Crippen LogP contribution >= 0.6 is 0 Å². The van der Waals surface area contributed by atoms with Crippen molar-refractivity contribution in [2.75, 3.05) is 16.8 Å². The van der Waals surface area contributed by atoms with Crippen molar-refractivity contribution in [1.29, 1.82) is 0 Å². The van der Waals surface area contributed by atoms with Gasteiger partial charge in [0.2, 0.25) is 0 Å². The van der Waals surface area contributed by atoms with Crippen LogP contribution in [0.4, 0.5) is 17.1 Å². The summed E-state index contributed by atoms with van der Waals surface area (Å²) in [6.45, 7) is 18.4. The molecule has 0 heterocycles. The highest BCUT2D eigenvalue weighted by Crippen LogP contribution is 2.28. The minimum absolute atomic E-state index is 0.335. The summed E-state index contributed by atoms with van der Waals surface area (Å²) in [5.41, 5.74) is 9.18. The molecule has 0 aliphatic heterocycles. The molecular formula is C47H60N2. The van der Waals surface area contributed by atoms with Crippen molar-refractivity contribution < 1.29 is 0 Å². The molecule has 0 saturated carbocycles. The third-order valence-electron chi connectivity index (χ3n) is 7.34. The molecule has 0 unspecified atom stereocenters. The van der Waals surface area contributed by atoms with E-state index in [0.29, 0.717) is 5.41 Å². The van der Waals surface area contributed by atoms with Crippen LogP contribution in [0.25, 0.3) is 0 Å². The fourth-order valence-electron chi connectivity index (χ4n) is 4.88. The first-order chi connectivity index (χ1) is 23.6. The molecule has 1 N–H and O–H groups in total. The number of hydrogen-bond acceptors (Lipinski definition) is 2. The lowest BCUT2D eigenvalue weighted by Crippen LogP contribution is -2.20. The second kappa shape index (κ2) is 23.5. The number of nitrogens with one attached hydrogen (secondary N) is 1. The Hall–Kier alpha value is -4.82. The molecule has 0 fully saturated rings. The number of allylic oxidation sites excluding steroid dienone is 9. The smallest absolute Gasteiger partial charge is 0.0410 e. The quantitative estimate of drug-likeness (QED) is 0.191. The highest BCUT2D eigenvalue weighted by molar-refractivity contribution is 5.59. The van der Waals surface area contributed by atoms with Crippen molar-refractivity contribution >= 4 is 17.1 Å². The summed E-state index contributed by atoms with van der Waals surface area (Å²) >= 11 is 0. The Kier molecular flexibility index (Phi) is 19.4. The molecule has 2 heteroatoms. The van der Waals surface area contributed by atoms with Gasteiger partial charge in [0.15, 0.2) is 0 Å². The Morgan fingerprint density at radius 1 is 0.653 bits per heavy atom. The maximum Gasteiger partial charge on any atom is 0.0410 e. The SMILES string of the molecule is C/C=C\C=C/CC.CCN(C1=CCC=C(CC(C)(C)C)C=C1)c1ccc(C)cc1.Cc1ccc(Nc2ccccc2)cc1.c1ccccc1. The Labute approximate surface area is 299 Å². The van der Waals surface area contributed by atoms with Gasteiger partial charge in [0.1, 0.15) is 0 Å². The molecule has 4 aromatic carbocycles. The Bertz CT molecular complexity index is 1540. The summed E-state index contributed by atoms with van der Waals surface area (Å²) in [6, 6.07) is 39.3. The monoisotopic (exact) mass is 652 g/mol. The largest absolute Gasteiger partial charge is 0.356 e. The van der Waals surface area contributed by atoms with Gasteiger partial charge < -0.3 is 10.2 Å². The van der Waals surface area contributed by atoms with Crippen LogP contribution in [0.2, 0.25) is 0 Å². The first-order valence-corrected chi connectivity index (χ1v) is 17.7. The lowest BCUT2D eigenvalue weighted by Gasteiger charge is -2.24. The predicted octanol–water partition coefficient (Wildman–Crippen LogP) is 14.0. The van der Waals surface area contributed by atoms with Gasteiger partial charge in [-0.3, -0.25) is 0 Å². The van der Waals surface area contributed by atoms with Crippen molar-refractivity contribution in [3.63, 3.8) is 0 Å². The summed E-state index contributed by atoms with van der Waals surface area (Å²) in [5, 5.41) is 3.33. The van der Waals surface area contributed by atoms with E-state index >= 15 is 0 Å². The number of aryl methyl sites for hydroxylation is 2. The van der Waals surface area contributed by atoms with Crippen molar-refractivity contribution in [2.45, 2.75) is 74.7 Å². The van der Waals surface area contributed by atoms with Crippen LogP contribution in [0, 0.1) is 19.3 Å². The predicted molar refractivity (Wildman–Crippen MR) is 220 cm³/mol. The molecule has 0 amide bonds. The van der Waals surface area contributed by atoms with Crippen LogP contribution in [0.3, 0.4) is 0 Å². The van der Waals surface area contributed by atoms with E-state index in [1.54, 1.807) is 0 Å². The van der Waals surface area contributed by atoms with Gasteiger partial charge in [0, 0.05) is 29.3 Å². The lowest BCUT2D eigenvalue weighted by atomic mass is 9.87. The van der Waals surface area contributed by atoms with Gasteiger partial charge in [0.25, 0.3) is 0 Å². The van der Waals surface area contributed by atoms with Crippen LogP contribution in [0.1, 0.15) is 71.9 Å². The van der Waals surface area contributed by atoms with E-state index in [4.69, 9.17) is 0 Å².